The number of anilines is 1. The number of ether oxygens (including phenoxy) is 1. The van der Waals surface area contributed by atoms with Gasteiger partial charge in [0.15, 0.2) is 0 Å². The third-order valence-electron chi connectivity index (χ3n) is 7.39. The van der Waals surface area contributed by atoms with Crippen molar-refractivity contribution >= 4 is 17.7 Å². The molecule has 39 heavy (non-hydrogen) atoms. The zero-order valence-corrected chi connectivity index (χ0v) is 22.3. The molecule has 5 heteroatoms. The second kappa shape index (κ2) is 12.4. The number of para-hydroxylation sites is 1. The Bertz CT molecular complexity index is 1330. The molecule has 1 aliphatic heterocycles. The van der Waals surface area contributed by atoms with Crippen LogP contribution in [0.3, 0.4) is 0 Å². The van der Waals surface area contributed by atoms with E-state index in [1.54, 1.807) is 0 Å². The van der Waals surface area contributed by atoms with Gasteiger partial charge in [-0.1, -0.05) is 116 Å². The predicted molar refractivity (Wildman–Crippen MR) is 154 cm³/mol. The van der Waals surface area contributed by atoms with E-state index in [2.05, 4.69) is 78.6 Å². The Labute approximate surface area is 230 Å². The fourth-order valence-electron chi connectivity index (χ4n) is 5.36. The smallest absolute Gasteiger partial charge is 0.417 e. The lowest BCUT2D eigenvalue weighted by atomic mass is 9.90. The molecule has 0 saturated carbocycles. The summed E-state index contributed by atoms with van der Waals surface area (Å²) in [5.74, 6) is -0.252. The summed E-state index contributed by atoms with van der Waals surface area (Å²) in [5.41, 5.74) is 5.57. The van der Waals surface area contributed by atoms with Crippen LogP contribution in [0.1, 0.15) is 54.0 Å². The third-order valence-corrected chi connectivity index (χ3v) is 7.39. The predicted octanol–water partition coefficient (Wildman–Crippen LogP) is 7.50. The van der Waals surface area contributed by atoms with Crippen LogP contribution >= 0.6 is 0 Å². The van der Waals surface area contributed by atoms with Gasteiger partial charge in [0.25, 0.3) is 0 Å². The van der Waals surface area contributed by atoms with Gasteiger partial charge >= 0.3 is 6.09 Å². The van der Waals surface area contributed by atoms with E-state index >= 15 is 0 Å². The average Bonchev–Trinajstić information content (AvgIpc) is 3.38. The number of imide groups is 1. The van der Waals surface area contributed by atoms with Gasteiger partial charge in [-0.05, 0) is 40.7 Å². The van der Waals surface area contributed by atoms with Crippen LogP contribution < -0.4 is 4.90 Å². The van der Waals surface area contributed by atoms with Gasteiger partial charge in [-0.25, -0.2) is 9.69 Å². The van der Waals surface area contributed by atoms with E-state index < -0.39 is 12.1 Å². The molecule has 1 saturated heterocycles. The SMILES string of the molecule is CCC(CC(=O)N1C(=O)OCC1c1ccccc1)c1ccccc1N(Cc1ccccc1)Cc1ccccc1. The molecule has 2 atom stereocenters. The molecular formula is C34H34N2O3. The number of rotatable bonds is 10. The maximum atomic E-state index is 13.7. The molecule has 1 heterocycles. The molecule has 1 aliphatic rings. The van der Waals surface area contributed by atoms with Crippen LogP contribution in [0.2, 0.25) is 0 Å². The van der Waals surface area contributed by atoms with Crippen molar-refractivity contribution in [1.82, 2.24) is 4.90 Å². The van der Waals surface area contributed by atoms with Gasteiger partial charge in [-0.2, -0.15) is 0 Å². The van der Waals surface area contributed by atoms with Crippen LogP contribution in [0.15, 0.2) is 115 Å². The highest BCUT2D eigenvalue weighted by Gasteiger charge is 2.39. The summed E-state index contributed by atoms with van der Waals surface area (Å²) in [7, 11) is 0. The second-order valence-electron chi connectivity index (χ2n) is 9.96. The maximum absolute atomic E-state index is 13.7. The average molecular weight is 519 g/mol. The number of benzene rings is 4. The quantitative estimate of drug-likeness (QED) is 0.218. The number of cyclic esters (lactones) is 1. The first-order valence-corrected chi connectivity index (χ1v) is 13.6. The van der Waals surface area contributed by atoms with Crippen LogP contribution in [0.25, 0.3) is 0 Å². The first kappa shape index (κ1) is 26.2. The lowest BCUT2D eigenvalue weighted by Gasteiger charge is -2.30. The van der Waals surface area contributed by atoms with Crippen LogP contribution in [0, 0.1) is 0 Å². The zero-order chi connectivity index (χ0) is 27.0. The van der Waals surface area contributed by atoms with Crippen molar-refractivity contribution < 1.29 is 14.3 Å². The molecule has 0 N–H and O–H groups in total. The fourth-order valence-corrected chi connectivity index (χ4v) is 5.36. The van der Waals surface area contributed by atoms with E-state index in [1.807, 2.05) is 48.5 Å². The molecule has 2 amide bonds. The van der Waals surface area contributed by atoms with Crippen molar-refractivity contribution in [2.24, 2.45) is 0 Å². The van der Waals surface area contributed by atoms with E-state index in [-0.39, 0.29) is 24.9 Å². The standard InChI is InChI=1S/C34H34N2O3/c1-2-28(22-33(37)36-32(25-39-34(36)38)29-18-10-5-11-19-29)30-20-12-13-21-31(30)35(23-26-14-6-3-7-15-26)24-27-16-8-4-9-17-27/h3-21,28,32H,2,22-25H2,1H3. The number of hydrogen-bond donors (Lipinski definition) is 0. The fraction of sp³-hybridized carbons (Fsp3) is 0.235. The van der Waals surface area contributed by atoms with Gasteiger partial charge in [-0.3, -0.25) is 4.79 Å². The zero-order valence-electron chi connectivity index (χ0n) is 22.3. The molecular weight excluding hydrogens is 484 g/mol. The van der Waals surface area contributed by atoms with Crippen LogP contribution in [-0.2, 0) is 22.6 Å². The molecule has 1 fully saturated rings. The van der Waals surface area contributed by atoms with Crippen molar-refractivity contribution in [1.29, 1.82) is 0 Å². The monoisotopic (exact) mass is 518 g/mol. The Morgan fingerprint density at radius 1 is 0.821 bits per heavy atom. The van der Waals surface area contributed by atoms with Crippen molar-refractivity contribution in [3.8, 4) is 0 Å². The summed E-state index contributed by atoms with van der Waals surface area (Å²) >= 11 is 0. The Kier molecular flexibility index (Phi) is 8.37. The minimum atomic E-state index is -0.563. The molecule has 2 unspecified atom stereocenters. The molecule has 198 valence electrons. The topological polar surface area (TPSA) is 49.9 Å². The molecule has 0 aromatic heterocycles. The Balaban J connectivity index is 1.43. The van der Waals surface area contributed by atoms with Gasteiger partial charge < -0.3 is 9.64 Å². The largest absolute Gasteiger partial charge is 0.446 e. The van der Waals surface area contributed by atoms with Crippen molar-refractivity contribution in [2.75, 3.05) is 11.5 Å². The highest BCUT2D eigenvalue weighted by Crippen LogP contribution is 2.36. The summed E-state index contributed by atoms with van der Waals surface area (Å²) in [6, 6.07) is 38.5. The van der Waals surface area contributed by atoms with Crippen molar-refractivity contribution in [3.05, 3.63) is 138 Å². The second-order valence-corrected chi connectivity index (χ2v) is 9.96. The highest BCUT2D eigenvalue weighted by atomic mass is 16.6. The lowest BCUT2D eigenvalue weighted by molar-refractivity contribution is -0.129. The lowest BCUT2D eigenvalue weighted by Crippen LogP contribution is -2.35. The highest BCUT2D eigenvalue weighted by molar-refractivity contribution is 5.94. The minimum absolute atomic E-state index is 0.0485. The van der Waals surface area contributed by atoms with Crippen molar-refractivity contribution in [3.63, 3.8) is 0 Å². The first-order valence-electron chi connectivity index (χ1n) is 13.6. The van der Waals surface area contributed by atoms with E-state index in [4.69, 9.17) is 4.74 Å². The normalized spacial score (nSPS) is 15.6. The third kappa shape index (κ3) is 6.20. The summed E-state index contributed by atoms with van der Waals surface area (Å²) in [5, 5.41) is 0. The number of amides is 2. The van der Waals surface area contributed by atoms with E-state index in [0.29, 0.717) is 0 Å². The number of carbonyl (C=O) groups is 2. The molecule has 5 rings (SSSR count). The summed E-state index contributed by atoms with van der Waals surface area (Å²) < 4.78 is 5.33. The van der Waals surface area contributed by atoms with Gasteiger partial charge in [-0.15, -0.1) is 0 Å². The molecule has 0 aliphatic carbocycles. The summed E-state index contributed by atoms with van der Waals surface area (Å²) in [6.07, 6.45) is 0.439. The number of nitrogens with zero attached hydrogens (tertiary/aromatic N) is 2. The molecule has 4 aromatic carbocycles. The molecule has 0 bridgehead atoms. The minimum Gasteiger partial charge on any atom is -0.446 e. The van der Waals surface area contributed by atoms with Gasteiger partial charge in [0.1, 0.15) is 12.6 Å². The maximum Gasteiger partial charge on any atom is 0.417 e. The number of hydrogen-bond acceptors (Lipinski definition) is 4. The van der Waals surface area contributed by atoms with E-state index in [9.17, 15) is 9.59 Å². The Hall–Kier alpha value is -4.38. The Morgan fingerprint density at radius 2 is 1.36 bits per heavy atom. The summed E-state index contributed by atoms with van der Waals surface area (Å²) in [6.45, 7) is 3.77. The number of carbonyl (C=O) groups excluding carboxylic acids is 2. The molecule has 4 aromatic rings. The van der Waals surface area contributed by atoms with Gasteiger partial charge in [0.2, 0.25) is 5.91 Å². The molecule has 5 nitrogen and oxygen atoms in total. The summed E-state index contributed by atoms with van der Waals surface area (Å²) in [4.78, 5) is 30.0. The Morgan fingerprint density at radius 3 is 1.95 bits per heavy atom. The van der Waals surface area contributed by atoms with Crippen LogP contribution in [0.4, 0.5) is 10.5 Å². The van der Waals surface area contributed by atoms with E-state index in [1.165, 1.54) is 16.0 Å². The van der Waals surface area contributed by atoms with Crippen molar-refractivity contribution in [2.45, 2.75) is 44.8 Å². The van der Waals surface area contributed by atoms with Gasteiger partial charge in [0.05, 0.1) is 0 Å². The van der Waals surface area contributed by atoms with E-state index in [0.717, 1.165) is 36.3 Å². The molecule has 0 spiro atoms. The first-order chi connectivity index (χ1) is 19.1. The molecule has 0 radical (unpaired) electrons. The van der Waals surface area contributed by atoms with Crippen LogP contribution in [-0.4, -0.2) is 23.5 Å². The van der Waals surface area contributed by atoms with Gasteiger partial charge in [0, 0.05) is 25.2 Å². The van der Waals surface area contributed by atoms with Crippen LogP contribution in [0.5, 0.6) is 0 Å².